The average Bonchev–Trinajstić information content (AvgIpc) is 3.14. The summed E-state index contributed by atoms with van der Waals surface area (Å²) in [4.78, 5) is 21.1. The van der Waals surface area contributed by atoms with Crippen molar-refractivity contribution in [3.63, 3.8) is 0 Å². The monoisotopic (exact) mass is 432 g/mol. The van der Waals surface area contributed by atoms with Crippen LogP contribution in [0.5, 0.6) is 0 Å². The van der Waals surface area contributed by atoms with Crippen LogP contribution in [0, 0.1) is 6.92 Å². The minimum absolute atomic E-state index is 0.499. The highest BCUT2D eigenvalue weighted by molar-refractivity contribution is 5.80. The molecule has 0 spiro atoms. The molecule has 0 bridgehead atoms. The fourth-order valence-electron chi connectivity index (χ4n) is 3.63. The molecule has 0 unspecified atom stereocenters. The molecule has 1 heterocycles. The lowest BCUT2D eigenvalue weighted by molar-refractivity contribution is 0.150. The van der Waals surface area contributed by atoms with Crippen LogP contribution in [0.3, 0.4) is 0 Å². The van der Waals surface area contributed by atoms with Crippen molar-refractivity contribution in [2.45, 2.75) is 53.0 Å². The van der Waals surface area contributed by atoms with Gasteiger partial charge in [-0.1, -0.05) is 78.7 Å². The Morgan fingerprint density at radius 2 is 1.56 bits per heavy atom. The van der Waals surface area contributed by atoms with Gasteiger partial charge >= 0.3 is 6.09 Å². The summed E-state index contributed by atoms with van der Waals surface area (Å²) in [7, 11) is 0. The largest absolute Gasteiger partial charge is 0.433 e. The normalized spacial score (nSPS) is 10.6. The van der Waals surface area contributed by atoms with Gasteiger partial charge in [-0.3, -0.25) is 4.84 Å². The summed E-state index contributed by atoms with van der Waals surface area (Å²) in [5.74, 6) is 1.03. The molecule has 32 heavy (non-hydrogen) atoms. The summed E-state index contributed by atoms with van der Waals surface area (Å²) in [6, 6.07) is 20.8. The van der Waals surface area contributed by atoms with E-state index in [-0.39, 0.29) is 0 Å². The first-order valence-corrected chi connectivity index (χ1v) is 11.2. The Morgan fingerprint density at radius 3 is 2.22 bits per heavy atom. The van der Waals surface area contributed by atoms with Crippen LogP contribution in [0.4, 0.5) is 4.79 Å². The highest BCUT2D eigenvalue weighted by Crippen LogP contribution is 2.33. The van der Waals surface area contributed by atoms with Crippen LogP contribution < -0.4 is 5.32 Å². The van der Waals surface area contributed by atoms with Crippen LogP contribution in [0.2, 0.25) is 0 Å². The van der Waals surface area contributed by atoms with E-state index < -0.39 is 6.09 Å². The van der Waals surface area contributed by atoms with E-state index in [1.165, 1.54) is 11.3 Å². The molecule has 0 fully saturated rings. The quantitative estimate of drug-likeness (QED) is 0.179. The van der Waals surface area contributed by atoms with Crippen molar-refractivity contribution in [1.29, 1.82) is 0 Å². The average molecular weight is 433 g/mol. The number of carbonyl (C=O) groups is 1. The Bertz CT molecular complexity index is 1020. The van der Waals surface area contributed by atoms with Crippen LogP contribution >= 0.6 is 0 Å². The number of hydrogen-bond acceptors (Lipinski definition) is 4. The van der Waals surface area contributed by atoms with Crippen LogP contribution in [0.15, 0.2) is 65.8 Å². The molecule has 168 valence electrons. The molecule has 1 aromatic heterocycles. The lowest BCUT2D eigenvalue weighted by Gasteiger charge is -2.12. The standard InChI is InChI=1S/C26H32N4O2/c1-20(2)29-32-26(31)27-18-12-4-5-13-19-30-21(3)28-24(22-14-8-6-9-15-22)25(30)23-16-10-7-11-17-23/h6-11,14-17H,4-5,12-13,18-19H2,1-3H3,(H,27,31). The molecule has 0 saturated heterocycles. The molecule has 0 aliphatic carbocycles. The van der Waals surface area contributed by atoms with Gasteiger partial charge in [0.05, 0.1) is 17.1 Å². The maximum atomic E-state index is 11.5. The van der Waals surface area contributed by atoms with Gasteiger partial charge in [-0.15, -0.1) is 0 Å². The Morgan fingerprint density at radius 1 is 0.938 bits per heavy atom. The molecule has 3 aromatic rings. The van der Waals surface area contributed by atoms with Crippen molar-refractivity contribution in [3.8, 4) is 22.5 Å². The lowest BCUT2D eigenvalue weighted by Crippen LogP contribution is -2.24. The van der Waals surface area contributed by atoms with Crippen LogP contribution in [0.25, 0.3) is 22.5 Å². The highest BCUT2D eigenvalue weighted by Gasteiger charge is 2.17. The van der Waals surface area contributed by atoms with Crippen molar-refractivity contribution in [2.24, 2.45) is 5.16 Å². The van der Waals surface area contributed by atoms with Gasteiger partial charge < -0.3 is 9.88 Å². The second kappa shape index (κ2) is 11.8. The molecular formula is C26H32N4O2. The summed E-state index contributed by atoms with van der Waals surface area (Å²) in [5, 5.41) is 6.37. The molecule has 6 heteroatoms. The van der Waals surface area contributed by atoms with Gasteiger partial charge in [0.1, 0.15) is 5.82 Å². The topological polar surface area (TPSA) is 68.5 Å². The second-order valence-electron chi connectivity index (χ2n) is 8.00. The SMILES string of the molecule is CC(C)=NOC(=O)NCCCCCCn1c(C)nc(-c2ccccc2)c1-c1ccccc1. The summed E-state index contributed by atoms with van der Waals surface area (Å²) in [6.07, 6.45) is 3.58. The van der Waals surface area contributed by atoms with Crippen molar-refractivity contribution >= 4 is 11.8 Å². The number of aromatic nitrogens is 2. The van der Waals surface area contributed by atoms with E-state index in [0.29, 0.717) is 12.3 Å². The van der Waals surface area contributed by atoms with E-state index in [0.717, 1.165) is 49.3 Å². The fourth-order valence-corrected chi connectivity index (χ4v) is 3.63. The van der Waals surface area contributed by atoms with Gasteiger partial charge in [-0.25, -0.2) is 9.78 Å². The van der Waals surface area contributed by atoms with Crippen LogP contribution in [-0.4, -0.2) is 27.9 Å². The number of nitrogens with one attached hydrogen (secondary N) is 1. The van der Waals surface area contributed by atoms with Crippen molar-refractivity contribution in [1.82, 2.24) is 14.9 Å². The Labute approximate surface area is 190 Å². The third-order valence-electron chi connectivity index (χ3n) is 5.14. The van der Waals surface area contributed by atoms with Crippen molar-refractivity contribution in [2.75, 3.05) is 6.54 Å². The number of amides is 1. The van der Waals surface area contributed by atoms with Crippen molar-refractivity contribution < 1.29 is 9.63 Å². The zero-order valence-corrected chi connectivity index (χ0v) is 19.2. The van der Waals surface area contributed by atoms with Crippen LogP contribution in [0.1, 0.15) is 45.4 Å². The molecule has 0 aliphatic heterocycles. The van der Waals surface area contributed by atoms with Gasteiger partial charge in [0.15, 0.2) is 0 Å². The fraction of sp³-hybridized carbons (Fsp3) is 0.346. The number of benzene rings is 2. The van der Waals surface area contributed by atoms with Gasteiger partial charge in [-0.2, -0.15) is 0 Å². The van der Waals surface area contributed by atoms with Crippen molar-refractivity contribution in [3.05, 3.63) is 66.5 Å². The lowest BCUT2D eigenvalue weighted by atomic mass is 10.0. The molecule has 3 rings (SSSR count). The van der Waals surface area contributed by atoms with E-state index in [2.05, 4.69) is 70.5 Å². The van der Waals surface area contributed by atoms with Gasteiger partial charge in [0.25, 0.3) is 0 Å². The minimum atomic E-state index is -0.499. The predicted molar refractivity (Wildman–Crippen MR) is 130 cm³/mol. The Balaban J connectivity index is 1.58. The molecule has 6 nitrogen and oxygen atoms in total. The zero-order chi connectivity index (χ0) is 22.8. The zero-order valence-electron chi connectivity index (χ0n) is 19.2. The summed E-state index contributed by atoms with van der Waals surface area (Å²) in [6.45, 7) is 7.14. The molecular weight excluding hydrogens is 400 g/mol. The molecule has 1 N–H and O–H groups in total. The maximum Gasteiger partial charge on any atom is 0.433 e. The van der Waals surface area contributed by atoms with Gasteiger partial charge in [-0.05, 0) is 33.6 Å². The van der Waals surface area contributed by atoms with E-state index in [9.17, 15) is 4.79 Å². The molecule has 0 radical (unpaired) electrons. The molecule has 0 saturated carbocycles. The minimum Gasteiger partial charge on any atom is -0.328 e. The van der Waals surface area contributed by atoms with Crippen LogP contribution in [-0.2, 0) is 11.4 Å². The Hall–Kier alpha value is -3.41. The second-order valence-corrected chi connectivity index (χ2v) is 8.00. The van der Waals surface area contributed by atoms with Gasteiger partial charge in [0, 0.05) is 24.2 Å². The molecule has 0 atom stereocenters. The predicted octanol–water partition coefficient (Wildman–Crippen LogP) is 6.21. The number of imidazole rings is 1. The molecule has 2 aromatic carbocycles. The first kappa shape index (κ1) is 23.3. The Kier molecular flexibility index (Phi) is 8.61. The van der Waals surface area contributed by atoms with E-state index >= 15 is 0 Å². The molecule has 1 amide bonds. The highest BCUT2D eigenvalue weighted by atomic mass is 16.7. The number of aryl methyl sites for hydroxylation is 1. The summed E-state index contributed by atoms with van der Waals surface area (Å²) in [5.41, 5.74) is 5.22. The number of carbonyl (C=O) groups excluding carboxylic acids is 1. The third kappa shape index (κ3) is 6.54. The van der Waals surface area contributed by atoms with Gasteiger partial charge in [0.2, 0.25) is 0 Å². The summed E-state index contributed by atoms with van der Waals surface area (Å²) < 4.78 is 2.33. The summed E-state index contributed by atoms with van der Waals surface area (Å²) >= 11 is 0. The first-order valence-electron chi connectivity index (χ1n) is 11.2. The number of unbranched alkanes of at least 4 members (excludes halogenated alkanes) is 3. The van der Waals surface area contributed by atoms with E-state index in [1.807, 2.05) is 12.1 Å². The molecule has 0 aliphatic rings. The number of rotatable bonds is 10. The number of hydrogen-bond donors (Lipinski definition) is 1. The maximum absolute atomic E-state index is 11.5. The van der Waals surface area contributed by atoms with E-state index in [4.69, 9.17) is 9.82 Å². The number of nitrogens with zero attached hydrogens (tertiary/aromatic N) is 3. The third-order valence-corrected chi connectivity index (χ3v) is 5.14. The number of oxime groups is 1. The smallest absolute Gasteiger partial charge is 0.328 e. The van der Waals surface area contributed by atoms with E-state index in [1.54, 1.807) is 13.8 Å². The first-order chi connectivity index (χ1) is 15.6.